The van der Waals surface area contributed by atoms with E-state index in [1.807, 2.05) is 40.7 Å². The number of fused-ring (bicyclic) bond motifs is 2. The Morgan fingerprint density at radius 2 is 1.73 bits per heavy atom. The van der Waals surface area contributed by atoms with Crippen molar-refractivity contribution in [1.29, 1.82) is 0 Å². The van der Waals surface area contributed by atoms with Gasteiger partial charge in [-0.15, -0.1) is 0 Å². The van der Waals surface area contributed by atoms with Crippen LogP contribution in [-0.4, -0.2) is 72.8 Å². The number of carbonyl (C=O) groups excluding carboxylic acids is 2. The highest BCUT2D eigenvalue weighted by atomic mass is 19.1. The lowest BCUT2D eigenvalue weighted by Gasteiger charge is -2.38. The number of ether oxygens (including phenoxy) is 1. The molecule has 2 amide bonds. The molecular formula is C33H37F2N7O3. The third-order valence-corrected chi connectivity index (χ3v) is 8.34. The number of anilines is 2. The van der Waals surface area contributed by atoms with E-state index in [1.54, 1.807) is 28.1 Å². The molecule has 0 bridgehead atoms. The Kier molecular flexibility index (Phi) is 7.92. The molecule has 1 aromatic carbocycles. The second-order valence-electron chi connectivity index (χ2n) is 12.8. The van der Waals surface area contributed by atoms with Crippen LogP contribution in [0.1, 0.15) is 50.6 Å². The van der Waals surface area contributed by atoms with Crippen molar-refractivity contribution in [2.75, 3.05) is 25.0 Å². The second-order valence-corrected chi connectivity index (χ2v) is 12.8. The first kappa shape index (κ1) is 30.4. The van der Waals surface area contributed by atoms with Crippen LogP contribution in [0.3, 0.4) is 0 Å². The Balaban J connectivity index is 1.15. The molecule has 10 nitrogen and oxygen atoms in total. The van der Waals surface area contributed by atoms with Gasteiger partial charge in [-0.3, -0.25) is 14.5 Å². The van der Waals surface area contributed by atoms with Gasteiger partial charge in [0.2, 0.25) is 5.91 Å². The molecule has 6 rings (SSSR count). The molecule has 2 aliphatic rings. The molecule has 1 N–H and O–H groups in total. The van der Waals surface area contributed by atoms with Crippen LogP contribution in [0.15, 0.2) is 36.7 Å². The first-order valence-corrected chi connectivity index (χ1v) is 15.2. The van der Waals surface area contributed by atoms with Gasteiger partial charge in [-0.05, 0) is 82.7 Å². The van der Waals surface area contributed by atoms with Gasteiger partial charge in [0.15, 0.2) is 11.6 Å². The van der Waals surface area contributed by atoms with Crippen molar-refractivity contribution in [2.24, 2.45) is 0 Å². The molecule has 1 saturated heterocycles. The number of piperidine rings is 1. The number of hydrogen-bond donors (Lipinski definition) is 1. The van der Waals surface area contributed by atoms with Gasteiger partial charge in [0, 0.05) is 66.7 Å². The molecule has 0 atom stereocenters. The molecule has 45 heavy (non-hydrogen) atoms. The van der Waals surface area contributed by atoms with Gasteiger partial charge in [0.05, 0.1) is 5.69 Å². The van der Waals surface area contributed by atoms with Crippen LogP contribution in [0.5, 0.6) is 0 Å². The number of benzene rings is 1. The van der Waals surface area contributed by atoms with Crippen LogP contribution >= 0.6 is 0 Å². The van der Waals surface area contributed by atoms with E-state index in [0.29, 0.717) is 72.3 Å². The summed E-state index contributed by atoms with van der Waals surface area (Å²) in [4.78, 5) is 37.9. The standard InChI is InChI=1S/C33H37F2N7O3/c1-19-12-20(2)36-17-25(19)24-13-21-15-28(37-16-22(21)14-26(24)34)38-31-30(35)27-8-11-41(29(43)18-42(27)39-31)23-6-9-40(10-7-23)32(44)45-33(3,4)5/h12-17,23H,6-11,18H2,1-5H3,(H,37,38,39). The molecule has 5 heterocycles. The molecule has 0 radical (unpaired) electrons. The fraction of sp³-hybridized carbons (Fsp3) is 0.424. The van der Waals surface area contributed by atoms with E-state index in [0.717, 1.165) is 11.3 Å². The molecule has 0 saturated carbocycles. The molecule has 4 aromatic rings. The smallest absolute Gasteiger partial charge is 0.410 e. The monoisotopic (exact) mass is 617 g/mol. The zero-order valence-electron chi connectivity index (χ0n) is 26.2. The van der Waals surface area contributed by atoms with Crippen LogP contribution in [0.4, 0.5) is 25.2 Å². The fourth-order valence-corrected chi connectivity index (χ4v) is 6.11. The van der Waals surface area contributed by atoms with Crippen LogP contribution < -0.4 is 5.32 Å². The van der Waals surface area contributed by atoms with Gasteiger partial charge in [-0.2, -0.15) is 5.10 Å². The molecule has 1 fully saturated rings. The number of aromatic nitrogens is 4. The van der Waals surface area contributed by atoms with E-state index in [1.165, 1.54) is 16.9 Å². The van der Waals surface area contributed by atoms with Gasteiger partial charge in [0.1, 0.15) is 23.8 Å². The quantitative estimate of drug-likeness (QED) is 0.303. The lowest BCUT2D eigenvalue weighted by Crippen LogP contribution is -2.50. The Labute approximate surface area is 260 Å². The minimum atomic E-state index is -0.570. The minimum absolute atomic E-state index is 0.0234. The van der Waals surface area contributed by atoms with E-state index < -0.39 is 11.4 Å². The average Bonchev–Trinajstić information content (AvgIpc) is 3.14. The predicted molar refractivity (Wildman–Crippen MR) is 166 cm³/mol. The normalized spacial score (nSPS) is 16.1. The van der Waals surface area contributed by atoms with E-state index in [9.17, 15) is 9.59 Å². The maximum atomic E-state index is 15.7. The number of carbonyl (C=O) groups is 2. The molecule has 0 unspecified atom stereocenters. The third-order valence-electron chi connectivity index (χ3n) is 8.34. The third kappa shape index (κ3) is 6.31. The molecule has 3 aromatic heterocycles. The summed E-state index contributed by atoms with van der Waals surface area (Å²) in [5, 5.41) is 8.66. The molecule has 0 aliphatic carbocycles. The van der Waals surface area contributed by atoms with Crippen LogP contribution in [-0.2, 0) is 22.5 Å². The molecule has 236 valence electrons. The van der Waals surface area contributed by atoms with Gasteiger partial charge >= 0.3 is 6.09 Å². The highest BCUT2D eigenvalue weighted by Crippen LogP contribution is 2.32. The first-order chi connectivity index (χ1) is 21.4. The summed E-state index contributed by atoms with van der Waals surface area (Å²) in [6.45, 7) is 10.5. The number of hydrogen-bond acceptors (Lipinski definition) is 7. The summed E-state index contributed by atoms with van der Waals surface area (Å²) >= 11 is 0. The number of rotatable bonds is 4. The summed E-state index contributed by atoms with van der Waals surface area (Å²) in [6.07, 6.45) is 4.40. The summed E-state index contributed by atoms with van der Waals surface area (Å²) in [5.41, 5.74) is 2.65. The van der Waals surface area contributed by atoms with E-state index >= 15 is 8.78 Å². The number of likely N-dealkylation sites (tertiary alicyclic amines) is 1. The van der Waals surface area contributed by atoms with Crippen LogP contribution in [0.25, 0.3) is 21.9 Å². The highest BCUT2D eigenvalue weighted by molar-refractivity contribution is 5.89. The highest BCUT2D eigenvalue weighted by Gasteiger charge is 2.34. The Morgan fingerprint density at radius 3 is 2.44 bits per heavy atom. The fourth-order valence-electron chi connectivity index (χ4n) is 6.11. The topological polar surface area (TPSA) is 105 Å². The summed E-state index contributed by atoms with van der Waals surface area (Å²) in [6, 6.07) is 6.75. The number of pyridine rings is 2. The molecule has 0 spiro atoms. The summed E-state index contributed by atoms with van der Waals surface area (Å²) < 4.78 is 37.6. The number of halogens is 2. The predicted octanol–water partition coefficient (Wildman–Crippen LogP) is 5.92. The van der Waals surface area contributed by atoms with Crippen molar-refractivity contribution in [1.82, 2.24) is 29.5 Å². The molecule has 12 heteroatoms. The van der Waals surface area contributed by atoms with Crippen LogP contribution in [0.2, 0.25) is 0 Å². The Morgan fingerprint density at radius 1 is 0.978 bits per heavy atom. The number of aryl methyl sites for hydroxylation is 2. The average molecular weight is 618 g/mol. The summed E-state index contributed by atoms with van der Waals surface area (Å²) in [7, 11) is 0. The molecular weight excluding hydrogens is 580 g/mol. The first-order valence-electron chi connectivity index (χ1n) is 15.2. The van der Waals surface area contributed by atoms with E-state index in [4.69, 9.17) is 4.74 Å². The SMILES string of the molecule is Cc1cc(C)c(-c2cc3cc(Nc4nn5c(c4F)CCN(C4CCN(C(=O)OC(C)(C)C)CC4)C(=O)C5)ncc3cc2F)cn1. The number of amides is 2. The Hall–Kier alpha value is -4.61. The lowest BCUT2D eigenvalue weighted by molar-refractivity contribution is -0.134. The minimum Gasteiger partial charge on any atom is -0.444 e. The van der Waals surface area contributed by atoms with Crippen molar-refractivity contribution in [3.63, 3.8) is 0 Å². The van der Waals surface area contributed by atoms with Crippen molar-refractivity contribution >= 4 is 34.4 Å². The van der Waals surface area contributed by atoms with Crippen molar-refractivity contribution in [2.45, 2.75) is 72.1 Å². The van der Waals surface area contributed by atoms with Gasteiger partial charge in [0.25, 0.3) is 0 Å². The van der Waals surface area contributed by atoms with Gasteiger partial charge < -0.3 is 19.9 Å². The van der Waals surface area contributed by atoms with Crippen LogP contribution in [0, 0.1) is 25.5 Å². The zero-order chi connectivity index (χ0) is 32.0. The van der Waals surface area contributed by atoms with E-state index in [2.05, 4.69) is 20.4 Å². The van der Waals surface area contributed by atoms with Crippen molar-refractivity contribution in [3.05, 3.63) is 65.2 Å². The number of nitrogens with one attached hydrogen (secondary N) is 1. The Bertz CT molecular complexity index is 1790. The summed E-state index contributed by atoms with van der Waals surface area (Å²) in [5.74, 6) is -0.736. The zero-order valence-corrected chi connectivity index (χ0v) is 26.2. The molecule has 2 aliphatic heterocycles. The van der Waals surface area contributed by atoms with Crippen molar-refractivity contribution in [3.8, 4) is 11.1 Å². The largest absolute Gasteiger partial charge is 0.444 e. The van der Waals surface area contributed by atoms with Gasteiger partial charge in [-0.1, -0.05) is 0 Å². The van der Waals surface area contributed by atoms with Crippen molar-refractivity contribution < 1.29 is 23.1 Å². The maximum Gasteiger partial charge on any atom is 0.410 e. The lowest BCUT2D eigenvalue weighted by atomic mass is 9.99. The number of nitrogens with zero attached hydrogens (tertiary/aromatic N) is 6. The van der Waals surface area contributed by atoms with E-state index in [-0.39, 0.29) is 36.2 Å². The van der Waals surface area contributed by atoms with Gasteiger partial charge in [-0.25, -0.2) is 18.6 Å². The second kappa shape index (κ2) is 11.7. The maximum absolute atomic E-state index is 15.7.